The van der Waals surface area contributed by atoms with Gasteiger partial charge in [-0.05, 0) is 23.1 Å². The van der Waals surface area contributed by atoms with E-state index >= 15 is 0 Å². The van der Waals surface area contributed by atoms with Crippen LogP contribution in [-0.2, 0) is 0 Å². The molecule has 0 radical (unpaired) electrons. The highest BCUT2D eigenvalue weighted by molar-refractivity contribution is 7.63. The lowest BCUT2D eigenvalue weighted by atomic mass is 10.5. The van der Waals surface area contributed by atoms with Crippen LogP contribution in [0.5, 0.6) is 0 Å². The van der Waals surface area contributed by atoms with Gasteiger partial charge in [0.05, 0.1) is 0 Å². The summed E-state index contributed by atoms with van der Waals surface area (Å²) < 4.78 is 0. The van der Waals surface area contributed by atoms with Crippen LogP contribution in [0.1, 0.15) is 34.1 Å². The molecule has 0 heterocycles. The Hall–Kier alpha value is 0.127. The molecule has 0 aliphatic heterocycles. The molecule has 0 nitrogen and oxygen atoms in total. The number of hydrogen-bond donors (Lipinski definition) is 0. The molecule has 0 bridgehead atoms. The first-order valence-corrected chi connectivity index (χ1v) is 9.35. The second kappa shape index (κ2) is 5.28. The van der Waals surface area contributed by atoms with Crippen LogP contribution in [0.15, 0.2) is 22.7 Å². The Morgan fingerprint density at radius 3 is 2.21 bits per heavy atom. The van der Waals surface area contributed by atoms with Crippen molar-refractivity contribution in [2.45, 2.75) is 52.0 Å². The zero-order chi connectivity index (χ0) is 10.7. The summed E-state index contributed by atoms with van der Waals surface area (Å²) in [5.74, 6) is 0. The molecule has 14 heavy (non-hydrogen) atoms. The van der Waals surface area contributed by atoms with Crippen molar-refractivity contribution in [3.8, 4) is 0 Å². The van der Waals surface area contributed by atoms with Crippen LogP contribution < -0.4 is 0 Å². The Kier molecular flexibility index (Phi) is 4.60. The SMILES string of the molecule is C[SiH2]C1=C(P(C(C)C)C(C)C)C=CC1. The van der Waals surface area contributed by atoms with Gasteiger partial charge in [-0.2, -0.15) is 0 Å². The zero-order valence-electron chi connectivity index (χ0n) is 10.2. The fourth-order valence-electron chi connectivity index (χ4n) is 2.28. The molecular formula is C12H23PSi. The highest BCUT2D eigenvalue weighted by Crippen LogP contribution is 2.56. The van der Waals surface area contributed by atoms with Crippen LogP contribution in [0.3, 0.4) is 0 Å². The standard InChI is InChI=1S/C12H23PSi/c1-9(2)13(10(3)4)11-7-6-8-12(11)14-5/h6-7,9-10H,8,14H2,1-5H3. The summed E-state index contributed by atoms with van der Waals surface area (Å²) in [6.45, 7) is 12.0. The van der Waals surface area contributed by atoms with Crippen LogP contribution in [0.2, 0.25) is 6.55 Å². The van der Waals surface area contributed by atoms with Crippen molar-refractivity contribution < 1.29 is 0 Å². The largest absolute Gasteiger partial charge is 0.0802 e. The third kappa shape index (κ3) is 2.58. The van der Waals surface area contributed by atoms with Gasteiger partial charge in [0.1, 0.15) is 0 Å². The molecule has 2 heteroatoms. The van der Waals surface area contributed by atoms with Crippen LogP contribution in [0, 0.1) is 0 Å². The normalized spacial score (nSPS) is 17.7. The van der Waals surface area contributed by atoms with Crippen molar-refractivity contribution in [2.24, 2.45) is 0 Å². The Bertz CT molecular complexity index is 243. The molecular weight excluding hydrogens is 203 g/mol. The Morgan fingerprint density at radius 2 is 1.79 bits per heavy atom. The topological polar surface area (TPSA) is 0 Å². The third-order valence-electron chi connectivity index (χ3n) is 2.82. The van der Waals surface area contributed by atoms with E-state index in [-0.39, 0.29) is 17.4 Å². The Morgan fingerprint density at radius 1 is 1.21 bits per heavy atom. The fourth-order valence-corrected chi connectivity index (χ4v) is 7.28. The van der Waals surface area contributed by atoms with Gasteiger partial charge < -0.3 is 0 Å². The van der Waals surface area contributed by atoms with Crippen LogP contribution in [-0.4, -0.2) is 20.8 Å². The van der Waals surface area contributed by atoms with E-state index in [1.165, 1.54) is 6.42 Å². The first kappa shape index (κ1) is 12.2. The summed E-state index contributed by atoms with van der Waals surface area (Å²) in [6, 6.07) is 0. The first-order chi connectivity index (χ1) is 6.57. The summed E-state index contributed by atoms with van der Waals surface area (Å²) in [5.41, 5.74) is 1.69. The number of rotatable bonds is 4. The molecule has 0 aromatic rings. The van der Waals surface area contributed by atoms with E-state index in [4.69, 9.17) is 0 Å². The lowest BCUT2D eigenvalue weighted by molar-refractivity contribution is 1.01. The van der Waals surface area contributed by atoms with E-state index in [0.717, 1.165) is 11.3 Å². The van der Waals surface area contributed by atoms with E-state index in [0.29, 0.717) is 0 Å². The molecule has 1 rings (SSSR count). The minimum absolute atomic E-state index is 0.0696. The van der Waals surface area contributed by atoms with E-state index in [2.05, 4.69) is 46.4 Å². The molecule has 0 aromatic heterocycles. The van der Waals surface area contributed by atoms with Crippen molar-refractivity contribution in [3.05, 3.63) is 22.7 Å². The summed E-state index contributed by atoms with van der Waals surface area (Å²) in [4.78, 5) is 0. The van der Waals surface area contributed by atoms with E-state index in [1.54, 1.807) is 5.31 Å². The lowest BCUT2D eigenvalue weighted by Gasteiger charge is -2.27. The van der Waals surface area contributed by atoms with Crippen molar-refractivity contribution in [2.75, 3.05) is 0 Å². The van der Waals surface area contributed by atoms with Gasteiger partial charge in [0.15, 0.2) is 0 Å². The third-order valence-corrected chi connectivity index (χ3v) is 7.89. The maximum Gasteiger partial charge on any atom is 0.0477 e. The maximum absolute atomic E-state index is 2.43. The molecule has 0 saturated heterocycles. The van der Waals surface area contributed by atoms with E-state index in [9.17, 15) is 0 Å². The summed E-state index contributed by atoms with van der Waals surface area (Å²) in [6.07, 6.45) is 6.08. The molecule has 0 fully saturated rings. The molecule has 0 saturated carbocycles. The molecule has 1 aliphatic rings. The number of hydrogen-bond acceptors (Lipinski definition) is 0. The van der Waals surface area contributed by atoms with Crippen LogP contribution >= 0.6 is 7.92 Å². The minimum atomic E-state index is 0.0696. The Balaban J connectivity index is 2.92. The molecule has 0 spiro atoms. The zero-order valence-corrected chi connectivity index (χ0v) is 12.5. The maximum atomic E-state index is 2.43. The van der Waals surface area contributed by atoms with Crippen molar-refractivity contribution in [1.29, 1.82) is 0 Å². The van der Waals surface area contributed by atoms with Crippen molar-refractivity contribution in [1.82, 2.24) is 0 Å². The van der Waals surface area contributed by atoms with E-state index in [1.807, 2.05) is 5.20 Å². The first-order valence-electron chi connectivity index (χ1n) is 5.74. The number of allylic oxidation sites excluding steroid dienone is 4. The second-order valence-electron chi connectivity index (χ2n) is 4.54. The summed E-state index contributed by atoms with van der Waals surface area (Å²) >= 11 is 0. The summed E-state index contributed by atoms with van der Waals surface area (Å²) in [5, 5.41) is 3.60. The lowest BCUT2D eigenvalue weighted by Crippen LogP contribution is -2.06. The van der Waals surface area contributed by atoms with Crippen molar-refractivity contribution in [3.63, 3.8) is 0 Å². The molecule has 0 aromatic carbocycles. The minimum Gasteiger partial charge on any atom is -0.0802 e. The average molecular weight is 226 g/mol. The quantitative estimate of drug-likeness (QED) is 0.507. The predicted molar refractivity (Wildman–Crippen MR) is 72.4 cm³/mol. The van der Waals surface area contributed by atoms with Crippen molar-refractivity contribution >= 4 is 17.4 Å². The van der Waals surface area contributed by atoms with Gasteiger partial charge in [0, 0.05) is 9.52 Å². The highest BCUT2D eigenvalue weighted by Gasteiger charge is 2.23. The summed E-state index contributed by atoms with van der Waals surface area (Å²) in [7, 11) is 0.172. The molecule has 0 amide bonds. The average Bonchev–Trinajstić information content (AvgIpc) is 2.51. The van der Waals surface area contributed by atoms with Gasteiger partial charge in [-0.15, -0.1) is 0 Å². The smallest absolute Gasteiger partial charge is 0.0477 e. The molecule has 0 unspecified atom stereocenters. The van der Waals surface area contributed by atoms with E-state index < -0.39 is 0 Å². The van der Waals surface area contributed by atoms with Crippen LogP contribution in [0.4, 0.5) is 0 Å². The second-order valence-corrected chi connectivity index (χ2v) is 9.47. The van der Waals surface area contributed by atoms with Gasteiger partial charge in [-0.3, -0.25) is 0 Å². The van der Waals surface area contributed by atoms with Gasteiger partial charge in [0.2, 0.25) is 0 Å². The monoisotopic (exact) mass is 226 g/mol. The molecule has 1 aliphatic carbocycles. The Labute approximate surface area is 92.4 Å². The molecule has 80 valence electrons. The van der Waals surface area contributed by atoms with Gasteiger partial charge in [-0.25, -0.2) is 0 Å². The highest BCUT2D eigenvalue weighted by atomic mass is 31.1. The molecule has 0 atom stereocenters. The van der Waals surface area contributed by atoms with Crippen LogP contribution in [0.25, 0.3) is 0 Å². The molecule has 0 N–H and O–H groups in total. The van der Waals surface area contributed by atoms with Gasteiger partial charge >= 0.3 is 0 Å². The van der Waals surface area contributed by atoms with Gasteiger partial charge in [0.25, 0.3) is 0 Å². The fraction of sp³-hybridized carbons (Fsp3) is 0.667. The van der Waals surface area contributed by atoms with Gasteiger partial charge in [-0.1, -0.05) is 59.5 Å². The predicted octanol–water partition coefficient (Wildman–Crippen LogP) is 3.67.